The summed E-state index contributed by atoms with van der Waals surface area (Å²) in [6, 6.07) is 16.6. The molecule has 162 valence electrons. The zero-order valence-electron chi connectivity index (χ0n) is 18.3. The Morgan fingerprint density at radius 2 is 1.88 bits per heavy atom. The number of methoxy groups -OCH3 is 1. The van der Waals surface area contributed by atoms with Crippen molar-refractivity contribution in [1.29, 1.82) is 0 Å². The molecule has 3 aromatic rings. The van der Waals surface area contributed by atoms with Crippen molar-refractivity contribution < 1.29 is 53.7 Å². The Bertz CT molecular complexity index is 1010. The normalized spacial score (nSPS) is 11.3. The standard InChI is InChI=1S/C24H24ClNO5.Na/c1-3-30-22(13-24(27)28)17-5-8-19(9-6-17)31-15-16-4-10-21(25)20(12-16)18-7-11-23(29-2)26-14-18;/h4-12,14,22H,3,13,15H2,1-2H3,(H,27,28);/q;+1/p-1/t22-;/m0./s1. The third kappa shape index (κ3) is 7.22. The molecule has 32 heavy (non-hydrogen) atoms. The fourth-order valence-corrected chi connectivity index (χ4v) is 3.34. The Morgan fingerprint density at radius 1 is 1.12 bits per heavy atom. The van der Waals surface area contributed by atoms with Crippen LogP contribution in [0.15, 0.2) is 60.8 Å². The van der Waals surface area contributed by atoms with Gasteiger partial charge in [0.05, 0.1) is 13.2 Å². The van der Waals surface area contributed by atoms with E-state index in [1.165, 1.54) is 0 Å². The molecule has 3 rings (SSSR count). The van der Waals surface area contributed by atoms with Crippen LogP contribution in [0.2, 0.25) is 5.02 Å². The topological polar surface area (TPSA) is 80.7 Å². The number of ether oxygens (including phenoxy) is 3. The molecule has 1 aromatic heterocycles. The quantitative estimate of drug-likeness (QED) is 0.420. The molecule has 0 N–H and O–H groups in total. The monoisotopic (exact) mass is 463 g/mol. The molecule has 2 aromatic carbocycles. The number of carboxylic acids is 1. The maximum Gasteiger partial charge on any atom is 1.00 e. The van der Waals surface area contributed by atoms with Crippen LogP contribution in [-0.4, -0.2) is 24.7 Å². The first kappa shape index (κ1) is 26.2. The van der Waals surface area contributed by atoms with Gasteiger partial charge in [0.2, 0.25) is 5.88 Å². The summed E-state index contributed by atoms with van der Waals surface area (Å²) in [6.45, 7) is 2.59. The average molecular weight is 464 g/mol. The van der Waals surface area contributed by atoms with Gasteiger partial charge in [-0.25, -0.2) is 4.98 Å². The molecule has 0 aliphatic carbocycles. The number of aliphatic carboxylic acids is 1. The summed E-state index contributed by atoms with van der Waals surface area (Å²) in [5.41, 5.74) is 3.45. The first-order valence-electron chi connectivity index (χ1n) is 9.83. The van der Waals surface area contributed by atoms with Gasteiger partial charge in [0.25, 0.3) is 0 Å². The maximum absolute atomic E-state index is 10.9. The first-order chi connectivity index (χ1) is 15.0. The second-order valence-electron chi connectivity index (χ2n) is 6.78. The fraction of sp³-hybridized carbons (Fsp3) is 0.250. The van der Waals surface area contributed by atoms with Gasteiger partial charge in [0, 0.05) is 47.4 Å². The third-order valence-corrected chi connectivity index (χ3v) is 4.99. The van der Waals surface area contributed by atoms with E-state index in [2.05, 4.69) is 4.98 Å². The van der Waals surface area contributed by atoms with E-state index in [4.69, 9.17) is 25.8 Å². The van der Waals surface area contributed by atoms with Crippen LogP contribution < -0.4 is 44.1 Å². The molecule has 0 unspecified atom stereocenters. The Balaban J connectivity index is 0.00000363. The molecule has 0 saturated carbocycles. The number of carbonyl (C=O) groups is 1. The smallest absolute Gasteiger partial charge is 0.550 e. The summed E-state index contributed by atoms with van der Waals surface area (Å²) < 4.78 is 16.5. The van der Waals surface area contributed by atoms with Gasteiger partial charge in [-0.2, -0.15) is 0 Å². The molecule has 0 saturated heterocycles. The van der Waals surface area contributed by atoms with Gasteiger partial charge in [0.15, 0.2) is 0 Å². The molecule has 8 heteroatoms. The zero-order chi connectivity index (χ0) is 22.2. The van der Waals surface area contributed by atoms with Crippen molar-refractivity contribution in [2.45, 2.75) is 26.1 Å². The summed E-state index contributed by atoms with van der Waals surface area (Å²) in [6.07, 6.45) is 0.980. The van der Waals surface area contributed by atoms with Crippen molar-refractivity contribution >= 4 is 17.6 Å². The summed E-state index contributed by atoms with van der Waals surface area (Å²) in [4.78, 5) is 15.2. The number of nitrogens with zero attached hydrogens (tertiary/aromatic N) is 1. The molecular weight excluding hydrogens is 441 g/mol. The van der Waals surface area contributed by atoms with Crippen molar-refractivity contribution in [3.05, 3.63) is 76.9 Å². The molecule has 0 bridgehead atoms. The maximum atomic E-state index is 10.9. The Kier molecular flexibility index (Phi) is 10.5. The van der Waals surface area contributed by atoms with E-state index in [1.54, 1.807) is 43.6 Å². The summed E-state index contributed by atoms with van der Waals surface area (Å²) in [5.74, 6) is 0.0495. The number of carbonyl (C=O) groups excluding carboxylic acids is 1. The number of aromatic nitrogens is 1. The molecular formula is C24H23ClNNaO5. The minimum Gasteiger partial charge on any atom is -0.550 e. The molecule has 0 fully saturated rings. The van der Waals surface area contributed by atoms with Crippen LogP contribution in [0.1, 0.15) is 30.6 Å². The van der Waals surface area contributed by atoms with E-state index in [1.807, 2.05) is 31.2 Å². The van der Waals surface area contributed by atoms with Crippen LogP contribution in [0.4, 0.5) is 0 Å². The van der Waals surface area contributed by atoms with E-state index < -0.39 is 12.1 Å². The Labute approximate surface area is 214 Å². The molecule has 0 aliphatic rings. The van der Waals surface area contributed by atoms with Crippen LogP contribution in [0.5, 0.6) is 11.6 Å². The van der Waals surface area contributed by atoms with Crippen molar-refractivity contribution in [2.75, 3.05) is 13.7 Å². The number of halogens is 1. The summed E-state index contributed by atoms with van der Waals surface area (Å²) in [5, 5.41) is 11.6. The number of carboxylic acid groups (broad SMARTS) is 1. The van der Waals surface area contributed by atoms with Gasteiger partial charge in [0.1, 0.15) is 12.4 Å². The van der Waals surface area contributed by atoms with Crippen LogP contribution in [0, 0.1) is 0 Å². The molecule has 0 spiro atoms. The molecule has 0 radical (unpaired) electrons. The second-order valence-corrected chi connectivity index (χ2v) is 7.19. The SMILES string of the molecule is CCO[C@@H](CC(=O)[O-])c1ccc(OCc2ccc(Cl)c(-c3ccc(OC)nc3)c2)cc1.[Na+]. The Hall–Kier alpha value is -2.09. The van der Waals surface area contributed by atoms with Crippen LogP contribution >= 0.6 is 11.6 Å². The predicted molar refractivity (Wildman–Crippen MR) is 116 cm³/mol. The second kappa shape index (κ2) is 12.8. The molecule has 6 nitrogen and oxygen atoms in total. The van der Waals surface area contributed by atoms with Crippen molar-refractivity contribution in [2.24, 2.45) is 0 Å². The summed E-state index contributed by atoms with van der Waals surface area (Å²) in [7, 11) is 1.57. The fourth-order valence-electron chi connectivity index (χ4n) is 3.11. The minimum absolute atomic E-state index is 0. The van der Waals surface area contributed by atoms with Crippen molar-refractivity contribution in [1.82, 2.24) is 4.98 Å². The first-order valence-corrected chi connectivity index (χ1v) is 10.2. The van der Waals surface area contributed by atoms with Gasteiger partial charge in [-0.05, 0) is 48.4 Å². The van der Waals surface area contributed by atoms with Crippen molar-refractivity contribution in [3.8, 4) is 22.8 Å². The van der Waals surface area contributed by atoms with Gasteiger partial charge in [-0.15, -0.1) is 0 Å². The predicted octanol–water partition coefficient (Wildman–Crippen LogP) is 1.21. The molecule has 1 heterocycles. The van der Waals surface area contributed by atoms with Crippen molar-refractivity contribution in [3.63, 3.8) is 0 Å². The third-order valence-electron chi connectivity index (χ3n) is 4.66. The zero-order valence-corrected chi connectivity index (χ0v) is 21.1. The van der Waals surface area contributed by atoms with E-state index in [-0.39, 0.29) is 36.0 Å². The van der Waals surface area contributed by atoms with Crippen LogP contribution in [0.25, 0.3) is 11.1 Å². The van der Waals surface area contributed by atoms with Gasteiger partial charge < -0.3 is 24.1 Å². The van der Waals surface area contributed by atoms with E-state index in [0.717, 1.165) is 22.3 Å². The summed E-state index contributed by atoms with van der Waals surface area (Å²) >= 11 is 6.37. The largest absolute Gasteiger partial charge is 1.00 e. The average Bonchev–Trinajstić information content (AvgIpc) is 2.78. The van der Waals surface area contributed by atoms with Gasteiger partial charge in [-0.3, -0.25) is 0 Å². The minimum atomic E-state index is -1.15. The van der Waals surface area contributed by atoms with Crippen LogP contribution in [0.3, 0.4) is 0 Å². The van der Waals surface area contributed by atoms with Gasteiger partial charge in [-0.1, -0.05) is 29.8 Å². The number of pyridine rings is 1. The molecule has 1 atom stereocenters. The number of benzene rings is 2. The number of hydrogen-bond acceptors (Lipinski definition) is 6. The number of rotatable bonds is 10. The molecule has 0 aliphatic heterocycles. The van der Waals surface area contributed by atoms with Gasteiger partial charge >= 0.3 is 29.6 Å². The van der Waals surface area contributed by atoms with E-state index >= 15 is 0 Å². The van der Waals surface area contributed by atoms with E-state index in [0.29, 0.717) is 29.9 Å². The van der Waals surface area contributed by atoms with E-state index in [9.17, 15) is 9.90 Å². The number of hydrogen-bond donors (Lipinski definition) is 0. The molecule has 0 amide bonds. The van der Waals surface area contributed by atoms with Crippen LogP contribution in [-0.2, 0) is 16.1 Å². The Morgan fingerprint density at radius 3 is 2.47 bits per heavy atom.